The monoisotopic (exact) mass is 507 g/mol. The van der Waals surface area contributed by atoms with E-state index in [0.29, 0.717) is 13.0 Å². The standard InChI is InChI=1S/C15H20F3N3O3S.HI/c1-2-19-15(21-10-6-7-25(22,23)9-10)20-8-11-12(16)4-3-5-13(11)24-14(17)18;/h3-5,10,14H,2,6-9H2,1H3,(H2,19,20,21);1H. The van der Waals surface area contributed by atoms with E-state index in [1.807, 2.05) is 6.92 Å². The van der Waals surface area contributed by atoms with Gasteiger partial charge in [0.2, 0.25) is 0 Å². The number of guanidine groups is 1. The third kappa shape index (κ3) is 6.82. The van der Waals surface area contributed by atoms with Crippen molar-refractivity contribution in [2.75, 3.05) is 18.1 Å². The predicted octanol–water partition coefficient (Wildman–Crippen LogP) is 2.29. The number of ether oxygens (including phenoxy) is 1. The maximum atomic E-state index is 13.9. The summed E-state index contributed by atoms with van der Waals surface area (Å²) in [6, 6.07) is 3.35. The van der Waals surface area contributed by atoms with E-state index in [-0.39, 0.29) is 65.3 Å². The van der Waals surface area contributed by atoms with Gasteiger partial charge in [-0.1, -0.05) is 6.07 Å². The minimum absolute atomic E-state index is 0. The number of sulfone groups is 1. The first-order chi connectivity index (χ1) is 11.8. The van der Waals surface area contributed by atoms with Gasteiger partial charge in [0, 0.05) is 12.6 Å². The Morgan fingerprint density at radius 3 is 2.73 bits per heavy atom. The van der Waals surface area contributed by atoms with E-state index in [2.05, 4.69) is 20.4 Å². The molecular weight excluding hydrogens is 486 g/mol. The molecule has 1 aromatic rings. The highest BCUT2D eigenvalue weighted by molar-refractivity contribution is 14.0. The van der Waals surface area contributed by atoms with Crippen molar-refractivity contribution in [3.63, 3.8) is 0 Å². The average molecular weight is 507 g/mol. The lowest BCUT2D eigenvalue weighted by Crippen LogP contribution is -2.44. The van der Waals surface area contributed by atoms with Gasteiger partial charge < -0.3 is 15.4 Å². The van der Waals surface area contributed by atoms with Crippen molar-refractivity contribution < 1.29 is 26.3 Å². The van der Waals surface area contributed by atoms with Crippen molar-refractivity contribution >= 4 is 39.8 Å². The van der Waals surface area contributed by atoms with Gasteiger partial charge in [0.1, 0.15) is 11.6 Å². The Labute approximate surface area is 167 Å². The summed E-state index contributed by atoms with van der Waals surface area (Å²) < 4.78 is 66.1. The second kappa shape index (κ2) is 10.2. The third-order valence-electron chi connectivity index (χ3n) is 3.60. The molecular formula is C15H21F3IN3O3S. The zero-order valence-corrected chi connectivity index (χ0v) is 17.2. The van der Waals surface area contributed by atoms with Crippen LogP contribution in [0.3, 0.4) is 0 Å². The molecule has 0 saturated carbocycles. The number of halogens is 4. The molecule has 1 aromatic carbocycles. The minimum atomic E-state index is -3.07. The van der Waals surface area contributed by atoms with Crippen LogP contribution in [0.15, 0.2) is 23.2 Å². The number of aliphatic imine (C=N–C) groups is 1. The Bertz CT molecular complexity index is 732. The van der Waals surface area contributed by atoms with Crippen molar-refractivity contribution in [2.24, 2.45) is 4.99 Å². The van der Waals surface area contributed by atoms with Crippen molar-refractivity contribution in [2.45, 2.75) is 32.5 Å². The first-order valence-electron chi connectivity index (χ1n) is 7.78. The van der Waals surface area contributed by atoms with Crippen LogP contribution in [-0.2, 0) is 16.4 Å². The smallest absolute Gasteiger partial charge is 0.387 e. The van der Waals surface area contributed by atoms with Gasteiger partial charge in [-0.3, -0.25) is 0 Å². The SMILES string of the molecule is CCNC(=NCc1c(F)cccc1OC(F)F)NC1CCS(=O)(=O)C1.I. The zero-order chi connectivity index (χ0) is 18.4. The molecule has 26 heavy (non-hydrogen) atoms. The molecule has 1 atom stereocenters. The van der Waals surface area contributed by atoms with Crippen LogP contribution in [0.1, 0.15) is 18.9 Å². The fraction of sp³-hybridized carbons (Fsp3) is 0.533. The molecule has 0 bridgehead atoms. The highest BCUT2D eigenvalue weighted by Crippen LogP contribution is 2.24. The predicted molar refractivity (Wildman–Crippen MR) is 103 cm³/mol. The molecule has 2 N–H and O–H groups in total. The van der Waals surface area contributed by atoms with Crippen LogP contribution >= 0.6 is 24.0 Å². The van der Waals surface area contributed by atoms with E-state index in [0.717, 1.165) is 6.07 Å². The molecule has 0 spiro atoms. The summed E-state index contributed by atoms with van der Waals surface area (Å²) in [5.74, 6) is -0.601. The molecule has 1 aliphatic heterocycles. The fourth-order valence-electron chi connectivity index (χ4n) is 2.48. The highest BCUT2D eigenvalue weighted by Gasteiger charge is 2.28. The van der Waals surface area contributed by atoms with Crippen LogP contribution < -0.4 is 15.4 Å². The number of nitrogens with one attached hydrogen (secondary N) is 2. The van der Waals surface area contributed by atoms with Gasteiger partial charge in [0.05, 0.1) is 23.6 Å². The van der Waals surface area contributed by atoms with Crippen molar-refractivity contribution in [3.8, 4) is 5.75 Å². The van der Waals surface area contributed by atoms with Crippen molar-refractivity contribution in [1.29, 1.82) is 0 Å². The summed E-state index contributed by atoms with van der Waals surface area (Å²) in [4.78, 5) is 4.16. The molecule has 6 nitrogen and oxygen atoms in total. The lowest BCUT2D eigenvalue weighted by molar-refractivity contribution is -0.0506. The van der Waals surface area contributed by atoms with Crippen LogP contribution in [0.5, 0.6) is 5.75 Å². The van der Waals surface area contributed by atoms with E-state index in [1.165, 1.54) is 12.1 Å². The molecule has 1 heterocycles. The maximum Gasteiger partial charge on any atom is 0.387 e. The average Bonchev–Trinajstić information content (AvgIpc) is 2.85. The molecule has 0 aromatic heterocycles. The van der Waals surface area contributed by atoms with Gasteiger partial charge in [-0.05, 0) is 25.5 Å². The second-order valence-corrected chi connectivity index (χ2v) is 7.76. The largest absolute Gasteiger partial charge is 0.434 e. The van der Waals surface area contributed by atoms with Gasteiger partial charge in [0.25, 0.3) is 0 Å². The molecule has 2 rings (SSSR count). The molecule has 1 fully saturated rings. The van der Waals surface area contributed by atoms with Gasteiger partial charge >= 0.3 is 6.61 Å². The maximum absolute atomic E-state index is 13.9. The number of hydrogen-bond donors (Lipinski definition) is 2. The van der Waals surface area contributed by atoms with E-state index >= 15 is 0 Å². The highest BCUT2D eigenvalue weighted by atomic mass is 127. The molecule has 1 saturated heterocycles. The van der Waals surface area contributed by atoms with E-state index < -0.39 is 22.3 Å². The number of hydrogen-bond acceptors (Lipinski definition) is 4. The first-order valence-corrected chi connectivity index (χ1v) is 9.60. The van der Waals surface area contributed by atoms with Crippen LogP contribution in [0.4, 0.5) is 13.2 Å². The van der Waals surface area contributed by atoms with Crippen molar-refractivity contribution in [1.82, 2.24) is 10.6 Å². The second-order valence-electron chi connectivity index (χ2n) is 5.53. The Hall–Kier alpha value is -1.24. The fourth-order valence-corrected chi connectivity index (χ4v) is 4.15. The minimum Gasteiger partial charge on any atom is -0.434 e. The van der Waals surface area contributed by atoms with E-state index in [4.69, 9.17) is 0 Å². The quantitative estimate of drug-likeness (QED) is 0.351. The summed E-state index contributed by atoms with van der Waals surface area (Å²) in [7, 11) is -3.06. The summed E-state index contributed by atoms with van der Waals surface area (Å²) in [5, 5.41) is 5.89. The van der Waals surface area contributed by atoms with Crippen LogP contribution in [0.25, 0.3) is 0 Å². The van der Waals surface area contributed by atoms with Gasteiger partial charge in [-0.25, -0.2) is 17.8 Å². The van der Waals surface area contributed by atoms with Gasteiger partial charge in [0.15, 0.2) is 15.8 Å². The number of rotatable bonds is 6. The number of alkyl halides is 2. The molecule has 1 aliphatic rings. The normalized spacial score (nSPS) is 19.1. The summed E-state index contributed by atoms with van der Waals surface area (Å²) in [6.07, 6.45) is 0.451. The van der Waals surface area contributed by atoms with Gasteiger partial charge in [-0.15, -0.1) is 24.0 Å². The Morgan fingerprint density at radius 1 is 1.42 bits per heavy atom. The lowest BCUT2D eigenvalue weighted by Gasteiger charge is -2.16. The third-order valence-corrected chi connectivity index (χ3v) is 5.37. The van der Waals surface area contributed by atoms with Crippen LogP contribution in [0, 0.1) is 5.82 Å². The number of nitrogens with zero attached hydrogens (tertiary/aromatic N) is 1. The Balaban J connectivity index is 0.00000338. The molecule has 148 valence electrons. The molecule has 0 radical (unpaired) electrons. The van der Waals surface area contributed by atoms with Crippen molar-refractivity contribution in [3.05, 3.63) is 29.6 Å². The van der Waals surface area contributed by atoms with Gasteiger partial charge in [-0.2, -0.15) is 8.78 Å². The summed E-state index contributed by atoms with van der Waals surface area (Å²) >= 11 is 0. The summed E-state index contributed by atoms with van der Waals surface area (Å²) in [5.41, 5.74) is -0.0981. The molecule has 0 aliphatic carbocycles. The van der Waals surface area contributed by atoms with E-state index in [1.54, 1.807) is 0 Å². The molecule has 1 unspecified atom stereocenters. The Kier molecular flexibility index (Phi) is 8.93. The lowest BCUT2D eigenvalue weighted by atomic mass is 10.2. The summed E-state index contributed by atoms with van der Waals surface area (Å²) in [6.45, 7) is -0.983. The number of benzene rings is 1. The first kappa shape index (κ1) is 22.8. The Morgan fingerprint density at radius 2 is 2.15 bits per heavy atom. The topological polar surface area (TPSA) is 79.8 Å². The van der Waals surface area contributed by atoms with E-state index in [9.17, 15) is 21.6 Å². The zero-order valence-electron chi connectivity index (χ0n) is 14.0. The van der Waals surface area contributed by atoms with Crippen LogP contribution in [-0.4, -0.2) is 45.1 Å². The molecule has 0 amide bonds. The van der Waals surface area contributed by atoms with Crippen LogP contribution in [0.2, 0.25) is 0 Å². The molecule has 11 heteroatoms.